The summed E-state index contributed by atoms with van der Waals surface area (Å²) < 4.78 is 0. The molecule has 1 amide bonds. The molecule has 1 atom stereocenters. The first-order chi connectivity index (χ1) is 12.7. The molecule has 1 aliphatic heterocycles. The van der Waals surface area contributed by atoms with Crippen molar-refractivity contribution in [2.75, 3.05) is 6.54 Å². The highest BCUT2D eigenvalue weighted by Gasteiger charge is 2.37. The second-order valence-corrected chi connectivity index (χ2v) is 7.32. The first kappa shape index (κ1) is 18.4. The van der Waals surface area contributed by atoms with Crippen molar-refractivity contribution in [1.29, 1.82) is 0 Å². The maximum Gasteiger partial charge on any atom is 0.242 e. The highest BCUT2D eigenvalue weighted by molar-refractivity contribution is 8.15. The van der Waals surface area contributed by atoms with Crippen LogP contribution in [0.5, 0.6) is 0 Å². The molecule has 1 saturated heterocycles. The molecular weight excluding hydrogens is 366 g/mol. The standard InChI is InChI=1S/C20H18ClN3OS/c1-2-12-24-19(25)18(13-15-6-4-3-5-7-15)26-20(24)23-22-14-16-8-10-17(21)11-9-16/h2-11,14,18H,1,12-13H2/b22-14-,23-20-/t18-/m1/s1. The van der Waals surface area contributed by atoms with Crippen molar-refractivity contribution in [3.63, 3.8) is 0 Å². The molecule has 0 N–H and O–H groups in total. The van der Waals surface area contributed by atoms with Crippen LogP contribution >= 0.6 is 23.4 Å². The number of halogens is 1. The number of rotatable bonds is 6. The van der Waals surface area contributed by atoms with Gasteiger partial charge in [-0.15, -0.1) is 11.7 Å². The number of nitrogens with zero attached hydrogens (tertiary/aromatic N) is 3. The maximum atomic E-state index is 12.7. The van der Waals surface area contributed by atoms with Crippen LogP contribution in [0.1, 0.15) is 11.1 Å². The van der Waals surface area contributed by atoms with Crippen molar-refractivity contribution in [3.8, 4) is 0 Å². The minimum atomic E-state index is -0.193. The van der Waals surface area contributed by atoms with Gasteiger partial charge in [-0.2, -0.15) is 5.10 Å². The topological polar surface area (TPSA) is 45.0 Å². The van der Waals surface area contributed by atoms with Gasteiger partial charge in [-0.3, -0.25) is 9.69 Å². The molecule has 0 unspecified atom stereocenters. The fraction of sp³-hybridized carbons (Fsp3) is 0.150. The van der Waals surface area contributed by atoms with Crippen LogP contribution in [-0.2, 0) is 11.2 Å². The Kier molecular flexibility index (Phi) is 6.26. The molecule has 6 heteroatoms. The zero-order chi connectivity index (χ0) is 18.4. The monoisotopic (exact) mass is 383 g/mol. The van der Waals surface area contributed by atoms with Crippen molar-refractivity contribution in [2.24, 2.45) is 10.2 Å². The molecule has 1 heterocycles. The smallest absolute Gasteiger partial charge is 0.242 e. The molecule has 2 aromatic rings. The zero-order valence-electron chi connectivity index (χ0n) is 14.1. The average Bonchev–Trinajstić information content (AvgIpc) is 2.94. The summed E-state index contributed by atoms with van der Waals surface area (Å²) in [5, 5.41) is 9.47. The van der Waals surface area contributed by atoms with Crippen molar-refractivity contribution >= 4 is 40.7 Å². The van der Waals surface area contributed by atoms with Gasteiger partial charge in [-0.1, -0.05) is 71.9 Å². The predicted octanol–water partition coefficient (Wildman–Crippen LogP) is 4.40. The third-order valence-electron chi connectivity index (χ3n) is 3.82. The van der Waals surface area contributed by atoms with E-state index in [0.29, 0.717) is 23.2 Å². The Bertz CT molecular complexity index is 834. The molecule has 0 saturated carbocycles. The Hall–Kier alpha value is -2.37. The van der Waals surface area contributed by atoms with E-state index in [1.165, 1.54) is 11.8 Å². The summed E-state index contributed by atoms with van der Waals surface area (Å²) in [5.41, 5.74) is 2.02. The van der Waals surface area contributed by atoms with E-state index in [9.17, 15) is 4.79 Å². The SMILES string of the molecule is C=CCN1C(=O)[C@@H](Cc2ccccc2)S/C1=N\N=C/c1ccc(Cl)cc1. The summed E-state index contributed by atoms with van der Waals surface area (Å²) in [4.78, 5) is 14.3. The Morgan fingerprint density at radius 2 is 1.88 bits per heavy atom. The molecule has 0 radical (unpaired) electrons. The highest BCUT2D eigenvalue weighted by Crippen LogP contribution is 2.30. The normalized spacial score (nSPS) is 18.8. The van der Waals surface area contributed by atoms with E-state index in [1.807, 2.05) is 42.5 Å². The molecule has 4 nitrogen and oxygen atoms in total. The number of amidine groups is 1. The van der Waals surface area contributed by atoms with Crippen LogP contribution in [0.4, 0.5) is 0 Å². The van der Waals surface area contributed by atoms with Gasteiger partial charge >= 0.3 is 0 Å². The molecule has 132 valence electrons. The molecule has 26 heavy (non-hydrogen) atoms. The van der Waals surface area contributed by atoms with Gasteiger partial charge in [0.1, 0.15) is 0 Å². The summed E-state index contributed by atoms with van der Waals surface area (Å²) >= 11 is 7.32. The van der Waals surface area contributed by atoms with Crippen molar-refractivity contribution in [1.82, 2.24) is 4.90 Å². The van der Waals surface area contributed by atoms with Gasteiger partial charge in [-0.05, 0) is 29.7 Å². The van der Waals surface area contributed by atoms with Gasteiger partial charge in [0.25, 0.3) is 0 Å². The molecular formula is C20H18ClN3OS. The first-order valence-electron chi connectivity index (χ1n) is 8.17. The van der Waals surface area contributed by atoms with Gasteiger partial charge in [0.15, 0.2) is 5.17 Å². The number of hydrogen-bond acceptors (Lipinski definition) is 4. The Morgan fingerprint density at radius 1 is 1.15 bits per heavy atom. The Balaban J connectivity index is 1.74. The van der Waals surface area contributed by atoms with Crippen LogP contribution in [0.15, 0.2) is 77.5 Å². The van der Waals surface area contributed by atoms with Gasteiger partial charge in [-0.25, -0.2) is 0 Å². The second kappa shape index (κ2) is 8.83. The van der Waals surface area contributed by atoms with Crippen LogP contribution in [0, 0.1) is 0 Å². The highest BCUT2D eigenvalue weighted by atomic mass is 35.5. The third-order valence-corrected chi connectivity index (χ3v) is 5.23. The Morgan fingerprint density at radius 3 is 2.58 bits per heavy atom. The van der Waals surface area contributed by atoms with E-state index in [-0.39, 0.29) is 11.2 Å². The predicted molar refractivity (Wildman–Crippen MR) is 110 cm³/mol. The summed E-state index contributed by atoms with van der Waals surface area (Å²) in [6, 6.07) is 17.3. The van der Waals surface area contributed by atoms with Gasteiger partial charge in [0.05, 0.1) is 11.5 Å². The molecule has 1 fully saturated rings. The van der Waals surface area contributed by atoms with E-state index in [4.69, 9.17) is 11.6 Å². The van der Waals surface area contributed by atoms with E-state index < -0.39 is 0 Å². The fourth-order valence-electron chi connectivity index (χ4n) is 2.53. The van der Waals surface area contributed by atoms with E-state index in [2.05, 4.69) is 16.8 Å². The van der Waals surface area contributed by atoms with E-state index in [1.54, 1.807) is 29.3 Å². The lowest BCUT2D eigenvalue weighted by molar-refractivity contribution is -0.125. The van der Waals surface area contributed by atoms with Crippen LogP contribution in [0.3, 0.4) is 0 Å². The summed E-state index contributed by atoms with van der Waals surface area (Å²) in [5.74, 6) is 0.0409. The van der Waals surface area contributed by atoms with Gasteiger partial charge in [0.2, 0.25) is 5.91 Å². The van der Waals surface area contributed by atoms with Crippen LogP contribution in [0.25, 0.3) is 0 Å². The van der Waals surface area contributed by atoms with Gasteiger partial charge < -0.3 is 0 Å². The van der Waals surface area contributed by atoms with Crippen LogP contribution < -0.4 is 0 Å². The summed E-state index contributed by atoms with van der Waals surface area (Å²) in [6.45, 7) is 4.15. The van der Waals surface area contributed by atoms with Gasteiger partial charge in [0, 0.05) is 11.6 Å². The molecule has 0 spiro atoms. The molecule has 3 rings (SSSR count). The number of hydrogen-bond donors (Lipinski definition) is 0. The van der Waals surface area contributed by atoms with Crippen molar-refractivity contribution in [3.05, 3.63) is 83.4 Å². The van der Waals surface area contributed by atoms with Crippen molar-refractivity contribution < 1.29 is 4.79 Å². The second-order valence-electron chi connectivity index (χ2n) is 5.71. The first-order valence-corrected chi connectivity index (χ1v) is 9.42. The minimum absolute atomic E-state index is 0.0409. The van der Waals surface area contributed by atoms with Crippen LogP contribution in [0.2, 0.25) is 5.02 Å². The molecule has 0 aromatic heterocycles. The third kappa shape index (κ3) is 4.62. The van der Waals surface area contributed by atoms with Crippen LogP contribution in [-0.4, -0.2) is 34.0 Å². The van der Waals surface area contributed by atoms with Crippen molar-refractivity contribution in [2.45, 2.75) is 11.7 Å². The summed E-state index contributed by atoms with van der Waals surface area (Å²) in [7, 11) is 0. The fourth-order valence-corrected chi connectivity index (χ4v) is 3.81. The molecule has 2 aromatic carbocycles. The number of benzene rings is 2. The number of amides is 1. The van der Waals surface area contributed by atoms with E-state index >= 15 is 0 Å². The summed E-state index contributed by atoms with van der Waals surface area (Å²) in [6.07, 6.45) is 4.00. The van der Waals surface area contributed by atoms with E-state index in [0.717, 1.165) is 11.1 Å². The zero-order valence-corrected chi connectivity index (χ0v) is 15.7. The lowest BCUT2D eigenvalue weighted by atomic mass is 10.1. The molecule has 0 bridgehead atoms. The largest absolute Gasteiger partial charge is 0.285 e. The minimum Gasteiger partial charge on any atom is -0.285 e. The molecule has 1 aliphatic rings. The lowest BCUT2D eigenvalue weighted by Gasteiger charge is -2.12. The maximum absolute atomic E-state index is 12.7. The Labute approximate surface area is 162 Å². The average molecular weight is 384 g/mol. The lowest BCUT2D eigenvalue weighted by Crippen LogP contribution is -2.32. The quantitative estimate of drug-likeness (QED) is 0.421. The number of carbonyl (C=O) groups is 1. The number of thioether (sulfide) groups is 1. The number of carbonyl (C=O) groups excluding carboxylic acids is 1. The molecule has 0 aliphatic carbocycles.